The van der Waals surface area contributed by atoms with Gasteiger partial charge in [0.1, 0.15) is 4.34 Å². The van der Waals surface area contributed by atoms with E-state index in [9.17, 15) is 5.11 Å². The van der Waals surface area contributed by atoms with Crippen LogP contribution in [0.3, 0.4) is 0 Å². The summed E-state index contributed by atoms with van der Waals surface area (Å²) in [5.41, 5.74) is -0.0244. The maximum atomic E-state index is 9.59. The quantitative estimate of drug-likeness (QED) is 0.781. The Bertz CT molecular complexity index is 325. The van der Waals surface area contributed by atoms with Crippen molar-refractivity contribution >= 4 is 23.1 Å². The summed E-state index contributed by atoms with van der Waals surface area (Å²) in [7, 11) is 1.97. The first kappa shape index (κ1) is 13.3. The molecule has 96 valence electrons. The van der Waals surface area contributed by atoms with Crippen LogP contribution in [-0.2, 0) is 0 Å². The van der Waals surface area contributed by atoms with Crippen LogP contribution in [-0.4, -0.2) is 35.0 Å². The minimum atomic E-state index is -0.0244. The van der Waals surface area contributed by atoms with Crippen LogP contribution in [0, 0.1) is 5.92 Å². The molecule has 3 nitrogen and oxygen atoms in total. The summed E-state index contributed by atoms with van der Waals surface area (Å²) in [5.74, 6) is 1.70. The molecule has 2 atom stereocenters. The molecule has 1 fully saturated rings. The number of aromatic nitrogens is 1. The van der Waals surface area contributed by atoms with Crippen LogP contribution in [0.5, 0.6) is 0 Å². The van der Waals surface area contributed by atoms with Gasteiger partial charge in [0.2, 0.25) is 0 Å². The molecule has 1 aliphatic carbocycles. The average molecular weight is 272 g/mol. The average Bonchev–Trinajstić information content (AvgIpc) is 2.99. The van der Waals surface area contributed by atoms with Gasteiger partial charge in [-0.15, -0.1) is 11.3 Å². The normalized spacial score (nSPS) is 28.7. The third-order valence-electron chi connectivity index (χ3n) is 3.84. The smallest absolute Gasteiger partial charge is 0.149 e. The maximum absolute atomic E-state index is 9.59. The molecule has 2 N–H and O–H groups in total. The third-order valence-corrected chi connectivity index (χ3v) is 5.84. The van der Waals surface area contributed by atoms with Crippen LogP contribution in [0.4, 0.5) is 0 Å². The number of thiazole rings is 1. The Morgan fingerprint density at radius 1 is 1.71 bits per heavy atom. The van der Waals surface area contributed by atoms with E-state index in [0.29, 0.717) is 5.92 Å². The summed E-state index contributed by atoms with van der Waals surface area (Å²) in [6.07, 6.45) is 6.58. The van der Waals surface area contributed by atoms with Gasteiger partial charge in [-0.1, -0.05) is 18.2 Å². The number of hydrogen-bond donors (Lipinski definition) is 2. The second kappa shape index (κ2) is 6.18. The molecule has 0 saturated heterocycles. The number of likely N-dealkylation sites (N-methyl/N-ethyl adjacent to an activating group) is 1. The van der Waals surface area contributed by atoms with Gasteiger partial charge in [0.25, 0.3) is 0 Å². The zero-order valence-electron chi connectivity index (χ0n) is 10.2. The number of hydrogen-bond acceptors (Lipinski definition) is 5. The first-order valence-corrected chi connectivity index (χ1v) is 7.99. The maximum Gasteiger partial charge on any atom is 0.149 e. The molecule has 1 aromatic heterocycles. The molecule has 1 saturated carbocycles. The Balaban J connectivity index is 1.82. The van der Waals surface area contributed by atoms with Gasteiger partial charge in [-0.3, -0.25) is 0 Å². The van der Waals surface area contributed by atoms with E-state index in [0.717, 1.165) is 22.9 Å². The lowest BCUT2D eigenvalue weighted by Gasteiger charge is -2.33. The Morgan fingerprint density at radius 2 is 2.59 bits per heavy atom. The predicted octanol–water partition coefficient (Wildman–Crippen LogP) is 2.38. The predicted molar refractivity (Wildman–Crippen MR) is 73.7 cm³/mol. The molecule has 1 heterocycles. The van der Waals surface area contributed by atoms with Crippen molar-refractivity contribution in [2.24, 2.45) is 5.92 Å². The standard InChI is InChI=1S/C12H20N2OS2/c1-13-12(9-15)5-2-3-10(12)4-7-16-11-14-6-8-17-11/h6,8,10,13,15H,2-5,7,9H2,1H3. The Morgan fingerprint density at radius 3 is 3.24 bits per heavy atom. The molecular weight excluding hydrogens is 252 g/mol. The molecule has 0 aliphatic heterocycles. The van der Waals surface area contributed by atoms with Gasteiger partial charge in [-0.05, 0) is 32.2 Å². The molecule has 0 bridgehead atoms. The van der Waals surface area contributed by atoms with Gasteiger partial charge < -0.3 is 10.4 Å². The Kier molecular flexibility index (Phi) is 4.85. The summed E-state index contributed by atoms with van der Waals surface area (Å²) in [5, 5.41) is 15.0. The van der Waals surface area contributed by atoms with Crippen molar-refractivity contribution in [3.63, 3.8) is 0 Å². The SMILES string of the molecule is CNC1(CO)CCCC1CCSc1nccs1. The lowest BCUT2D eigenvalue weighted by Crippen LogP contribution is -2.49. The van der Waals surface area contributed by atoms with Crippen LogP contribution >= 0.6 is 23.1 Å². The van der Waals surface area contributed by atoms with E-state index in [1.165, 1.54) is 12.8 Å². The van der Waals surface area contributed by atoms with Crippen molar-refractivity contribution in [3.8, 4) is 0 Å². The van der Waals surface area contributed by atoms with Gasteiger partial charge in [-0.25, -0.2) is 4.98 Å². The highest BCUT2D eigenvalue weighted by Gasteiger charge is 2.40. The zero-order valence-corrected chi connectivity index (χ0v) is 11.8. The third kappa shape index (κ3) is 3.02. The van der Waals surface area contributed by atoms with Crippen LogP contribution in [0.2, 0.25) is 0 Å². The van der Waals surface area contributed by atoms with E-state index in [-0.39, 0.29) is 12.1 Å². The van der Waals surface area contributed by atoms with Crippen molar-refractivity contribution in [2.75, 3.05) is 19.4 Å². The van der Waals surface area contributed by atoms with E-state index in [1.54, 1.807) is 11.3 Å². The van der Waals surface area contributed by atoms with Crippen molar-refractivity contribution in [1.29, 1.82) is 0 Å². The lowest BCUT2D eigenvalue weighted by molar-refractivity contribution is 0.130. The molecule has 1 aliphatic rings. The van der Waals surface area contributed by atoms with Crippen molar-refractivity contribution in [3.05, 3.63) is 11.6 Å². The first-order valence-electron chi connectivity index (χ1n) is 6.13. The van der Waals surface area contributed by atoms with Crippen LogP contribution in [0.1, 0.15) is 25.7 Å². The van der Waals surface area contributed by atoms with Gasteiger partial charge in [0.05, 0.1) is 6.61 Å². The van der Waals surface area contributed by atoms with Crippen molar-refractivity contribution in [1.82, 2.24) is 10.3 Å². The molecule has 17 heavy (non-hydrogen) atoms. The summed E-state index contributed by atoms with van der Waals surface area (Å²) >= 11 is 3.54. The fourth-order valence-electron chi connectivity index (χ4n) is 2.75. The fourth-order valence-corrected chi connectivity index (χ4v) is 4.51. The summed E-state index contributed by atoms with van der Waals surface area (Å²) in [4.78, 5) is 4.27. The second-order valence-electron chi connectivity index (χ2n) is 4.59. The Hall–Kier alpha value is -0.100. The highest BCUT2D eigenvalue weighted by molar-refractivity contribution is 8.00. The summed E-state index contributed by atoms with van der Waals surface area (Å²) in [6.45, 7) is 0.260. The van der Waals surface area contributed by atoms with Gasteiger partial charge in [0, 0.05) is 22.9 Å². The van der Waals surface area contributed by atoms with Crippen molar-refractivity contribution in [2.45, 2.75) is 35.6 Å². The van der Waals surface area contributed by atoms with Gasteiger partial charge in [-0.2, -0.15) is 0 Å². The molecule has 0 amide bonds. The number of thioether (sulfide) groups is 1. The van der Waals surface area contributed by atoms with E-state index >= 15 is 0 Å². The summed E-state index contributed by atoms with van der Waals surface area (Å²) in [6, 6.07) is 0. The van der Waals surface area contributed by atoms with Crippen LogP contribution in [0.15, 0.2) is 15.9 Å². The van der Waals surface area contributed by atoms with Gasteiger partial charge >= 0.3 is 0 Å². The minimum Gasteiger partial charge on any atom is -0.394 e. The van der Waals surface area contributed by atoms with Crippen LogP contribution in [0.25, 0.3) is 0 Å². The summed E-state index contributed by atoms with van der Waals surface area (Å²) < 4.78 is 1.15. The number of aliphatic hydroxyl groups is 1. The largest absolute Gasteiger partial charge is 0.394 e. The monoisotopic (exact) mass is 272 g/mol. The topological polar surface area (TPSA) is 45.1 Å². The van der Waals surface area contributed by atoms with Crippen LogP contribution < -0.4 is 5.32 Å². The molecule has 1 aromatic rings. The molecule has 0 radical (unpaired) electrons. The minimum absolute atomic E-state index is 0.0244. The van der Waals surface area contributed by atoms with E-state index in [1.807, 2.05) is 30.4 Å². The van der Waals surface area contributed by atoms with E-state index in [2.05, 4.69) is 10.3 Å². The molecule has 5 heteroatoms. The first-order chi connectivity index (χ1) is 8.30. The number of aliphatic hydroxyl groups excluding tert-OH is 1. The molecule has 0 spiro atoms. The van der Waals surface area contributed by atoms with E-state index < -0.39 is 0 Å². The fraction of sp³-hybridized carbons (Fsp3) is 0.750. The lowest BCUT2D eigenvalue weighted by atomic mass is 9.86. The molecule has 0 aromatic carbocycles. The van der Waals surface area contributed by atoms with Crippen molar-refractivity contribution < 1.29 is 5.11 Å². The van der Waals surface area contributed by atoms with Gasteiger partial charge in [0.15, 0.2) is 0 Å². The number of rotatable bonds is 6. The molecule has 2 rings (SSSR count). The Labute approximate surface area is 111 Å². The number of nitrogens with zero attached hydrogens (tertiary/aromatic N) is 1. The highest BCUT2D eigenvalue weighted by Crippen LogP contribution is 2.38. The molecule has 2 unspecified atom stereocenters. The second-order valence-corrected chi connectivity index (χ2v) is 6.83. The zero-order chi connectivity index (χ0) is 12.1. The highest BCUT2D eigenvalue weighted by atomic mass is 32.2. The molecular formula is C12H20N2OS2. The van der Waals surface area contributed by atoms with E-state index in [4.69, 9.17) is 0 Å². The number of nitrogens with one attached hydrogen (secondary N) is 1.